The highest BCUT2D eigenvalue weighted by molar-refractivity contribution is 7.98. The minimum absolute atomic E-state index is 0.258. The molecule has 1 aliphatic heterocycles. The molecule has 0 aromatic heterocycles. The van der Waals surface area contributed by atoms with E-state index in [1.54, 1.807) is 12.1 Å². The van der Waals surface area contributed by atoms with Gasteiger partial charge in [0.2, 0.25) is 0 Å². The van der Waals surface area contributed by atoms with Crippen LogP contribution in [0.1, 0.15) is 6.92 Å². The van der Waals surface area contributed by atoms with E-state index in [4.69, 9.17) is 9.05 Å². The number of thioether (sulfide) groups is 1. The van der Waals surface area contributed by atoms with E-state index in [2.05, 4.69) is 5.09 Å². The molecule has 7 nitrogen and oxygen atoms in total. The zero-order valence-corrected chi connectivity index (χ0v) is 12.8. The molecule has 0 atom stereocenters. The molecule has 0 saturated carbocycles. The molecule has 1 fully saturated rings. The molecular weight excluding hydrogens is 303 g/mol. The molecular formula is C11H15N2O5PS. The van der Waals surface area contributed by atoms with E-state index < -0.39 is 18.2 Å². The van der Waals surface area contributed by atoms with Crippen molar-refractivity contribution < 1.29 is 18.5 Å². The van der Waals surface area contributed by atoms with Gasteiger partial charge in [-0.25, -0.2) is 4.57 Å². The maximum atomic E-state index is 12.4. The molecule has 0 bridgehead atoms. The van der Waals surface area contributed by atoms with Crippen molar-refractivity contribution in [2.24, 2.45) is 0 Å². The Morgan fingerprint density at radius 1 is 1.40 bits per heavy atom. The highest BCUT2D eigenvalue weighted by Crippen LogP contribution is 2.53. The van der Waals surface area contributed by atoms with Gasteiger partial charge in [0.25, 0.3) is 5.54 Å². The van der Waals surface area contributed by atoms with Crippen molar-refractivity contribution in [2.45, 2.75) is 17.4 Å². The van der Waals surface area contributed by atoms with Crippen LogP contribution in [-0.4, -0.2) is 29.9 Å². The van der Waals surface area contributed by atoms with Gasteiger partial charge in [0.15, 0.2) is 0 Å². The van der Waals surface area contributed by atoms with Crippen LogP contribution in [-0.2, 0) is 13.6 Å². The van der Waals surface area contributed by atoms with Gasteiger partial charge < -0.3 is 0 Å². The van der Waals surface area contributed by atoms with Crippen LogP contribution in [0.5, 0.6) is 0 Å². The standard InChI is InChI=1S/C11H15N2O5PS/c1-11(13(14)15)7-17-19(16,18-8-11)12-9-5-3-4-6-10(9)20-2/h3-6H,7-8H2,1-2H3,(H,12,16). The number of rotatable bonds is 4. The monoisotopic (exact) mass is 318 g/mol. The molecule has 0 unspecified atom stereocenters. The summed E-state index contributed by atoms with van der Waals surface area (Å²) in [6.07, 6.45) is 1.89. The van der Waals surface area contributed by atoms with E-state index in [1.165, 1.54) is 18.7 Å². The first-order valence-electron chi connectivity index (χ1n) is 5.83. The van der Waals surface area contributed by atoms with Crippen molar-refractivity contribution >= 4 is 25.2 Å². The molecule has 0 radical (unpaired) electrons. The lowest BCUT2D eigenvalue weighted by molar-refractivity contribution is -0.572. The van der Waals surface area contributed by atoms with Crippen LogP contribution in [0, 0.1) is 10.1 Å². The molecule has 110 valence electrons. The number of hydrogen-bond acceptors (Lipinski definition) is 6. The average molecular weight is 318 g/mol. The molecule has 1 N–H and O–H groups in total. The predicted molar refractivity (Wildman–Crippen MR) is 76.8 cm³/mol. The van der Waals surface area contributed by atoms with Gasteiger partial charge in [0.1, 0.15) is 13.2 Å². The zero-order valence-electron chi connectivity index (χ0n) is 11.1. The number of nitrogens with one attached hydrogen (secondary N) is 1. The molecule has 1 aromatic rings. The van der Waals surface area contributed by atoms with Crippen LogP contribution >= 0.6 is 19.5 Å². The van der Waals surface area contributed by atoms with Crippen molar-refractivity contribution in [1.29, 1.82) is 0 Å². The zero-order chi connectivity index (χ0) is 14.8. The van der Waals surface area contributed by atoms with Crippen LogP contribution in [0.25, 0.3) is 0 Å². The molecule has 0 spiro atoms. The van der Waals surface area contributed by atoms with E-state index in [-0.39, 0.29) is 13.2 Å². The van der Waals surface area contributed by atoms with Gasteiger partial charge in [-0.2, -0.15) is 0 Å². The molecule has 9 heteroatoms. The summed E-state index contributed by atoms with van der Waals surface area (Å²) in [5.41, 5.74) is -0.748. The molecule has 20 heavy (non-hydrogen) atoms. The summed E-state index contributed by atoms with van der Waals surface area (Å²) >= 11 is 1.48. The summed E-state index contributed by atoms with van der Waals surface area (Å²) in [6.45, 7) is 0.879. The Kier molecular flexibility index (Phi) is 4.39. The maximum Gasteiger partial charge on any atom is 0.433 e. The van der Waals surface area contributed by atoms with E-state index >= 15 is 0 Å². The van der Waals surface area contributed by atoms with Gasteiger partial charge in [-0.05, 0) is 18.4 Å². The first kappa shape index (κ1) is 15.3. The van der Waals surface area contributed by atoms with Crippen LogP contribution in [0.4, 0.5) is 5.69 Å². The van der Waals surface area contributed by atoms with Crippen molar-refractivity contribution in [3.8, 4) is 0 Å². The Labute approximate surface area is 120 Å². The Bertz CT molecular complexity index is 555. The van der Waals surface area contributed by atoms with Crippen LogP contribution in [0.2, 0.25) is 0 Å². The second-order valence-electron chi connectivity index (χ2n) is 4.61. The fraction of sp³-hybridized carbons (Fsp3) is 0.455. The van der Waals surface area contributed by atoms with E-state index in [9.17, 15) is 14.7 Å². The molecule has 1 aliphatic rings. The largest absolute Gasteiger partial charge is 0.433 e. The summed E-state index contributed by atoms with van der Waals surface area (Å²) in [7, 11) is -3.56. The van der Waals surface area contributed by atoms with Crippen molar-refractivity contribution in [3.63, 3.8) is 0 Å². The fourth-order valence-corrected chi connectivity index (χ4v) is 3.80. The molecule has 2 rings (SSSR count). The Morgan fingerprint density at radius 2 is 2.00 bits per heavy atom. The third kappa shape index (κ3) is 3.15. The van der Waals surface area contributed by atoms with Crippen LogP contribution < -0.4 is 5.09 Å². The van der Waals surface area contributed by atoms with Crippen molar-refractivity contribution in [1.82, 2.24) is 0 Å². The van der Waals surface area contributed by atoms with Gasteiger partial charge >= 0.3 is 7.75 Å². The average Bonchev–Trinajstić information content (AvgIpc) is 2.43. The van der Waals surface area contributed by atoms with E-state index in [0.717, 1.165) is 4.90 Å². The number of hydrogen-bond donors (Lipinski definition) is 1. The van der Waals surface area contributed by atoms with Gasteiger partial charge in [-0.1, -0.05) is 12.1 Å². The Morgan fingerprint density at radius 3 is 2.55 bits per heavy atom. The number of nitro groups is 1. The minimum Gasteiger partial charge on any atom is -0.292 e. The van der Waals surface area contributed by atoms with Crippen molar-refractivity contribution in [3.05, 3.63) is 34.4 Å². The molecule has 0 amide bonds. The summed E-state index contributed by atoms with van der Waals surface area (Å²) < 4.78 is 22.6. The smallest absolute Gasteiger partial charge is 0.292 e. The summed E-state index contributed by atoms with van der Waals surface area (Å²) in [6, 6.07) is 7.27. The van der Waals surface area contributed by atoms with Crippen LogP contribution in [0.15, 0.2) is 29.2 Å². The first-order valence-corrected chi connectivity index (χ1v) is 8.60. The minimum atomic E-state index is -3.56. The van der Waals surface area contributed by atoms with Gasteiger partial charge in [-0.3, -0.25) is 24.2 Å². The normalized spacial score (nSPS) is 29.9. The quantitative estimate of drug-likeness (QED) is 0.395. The first-order chi connectivity index (χ1) is 9.38. The van der Waals surface area contributed by atoms with E-state index in [1.807, 2.05) is 18.4 Å². The summed E-state index contributed by atoms with van der Waals surface area (Å²) in [5.74, 6) is 0. The van der Waals surface area contributed by atoms with Crippen LogP contribution in [0.3, 0.4) is 0 Å². The molecule has 1 aromatic carbocycles. The Balaban J connectivity index is 2.11. The van der Waals surface area contributed by atoms with Gasteiger partial charge in [-0.15, -0.1) is 11.8 Å². The number of benzene rings is 1. The summed E-state index contributed by atoms with van der Waals surface area (Å²) in [5, 5.41) is 13.6. The van der Waals surface area contributed by atoms with Gasteiger partial charge in [0.05, 0.1) is 5.69 Å². The lowest BCUT2D eigenvalue weighted by atomic mass is 10.1. The topological polar surface area (TPSA) is 90.7 Å². The second-order valence-corrected chi connectivity index (χ2v) is 7.19. The Hall–Kier alpha value is -1.08. The second kappa shape index (κ2) is 5.73. The fourth-order valence-electron chi connectivity index (χ4n) is 1.58. The number of para-hydroxylation sites is 1. The van der Waals surface area contributed by atoms with E-state index in [0.29, 0.717) is 5.69 Å². The SMILES string of the molecule is CSc1ccccc1NP1(=O)OCC(C)([N+](=O)[O-])CO1. The highest BCUT2D eigenvalue weighted by Gasteiger charge is 2.48. The lowest BCUT2D eigenvalue weighted by Crippen LogP contribution is -2.47. The summed E-state index contributed by atoms with van der Waals surface area (Å²) in [4.78, 5) is 11.3. The van der Waals surface area contributed by atoms with Crippen molar-refractivity contribution in [2.75, 3.05) is 24.6 Å². The maximum absolute atomic E-state index is 12.4. The molecule has 0 aliphatic carbocycles. The third-order valence-electron chi connectivity index (χ3n) is 2.90. The number of nitrogens with zero attached hydrogens (tertiary/aromatic N) is 1. The lowest BCUT2D eigenvalue weighted by Gasteiger charge is -2.31. The molecule has 1 saturated heterocycles. The number of anilines is 1. The predicted octanol–water partition coefficient (Wildman–Crippen LogP) is 3.01. The highest BCUT2D eigenvalue weighted by atomic mass is 32.2. The third-order valence-corrected chi connectivity index (χ3v) is 5.14. The van der Waals surface area contributed by atoms with Gasteiger partial charge in [0, 0.05) is 16.7 Å². The molecule has 1 heterocycles.